The standard InChI is InChI=1S/C20H20N2OS2/c1-13-11-19(21-17-6-4-3-5-16(13)17)25-14(2)20(23)22-9-7-18-15(12-22)8-10-24-18/h3-6,8,10-11,14H,7,9,12H2,1-2H3. The van der Waals surface area contributed by atoms with Crippen LogP contribution in [0.3, 0.4) is 0 Å². The number of thioether (sulfide) groups is 1. The molecule has 0 radical (unpaired) electrons. The van der Waals surface area contributed by atoms with Crippen molar-refractivity contribution in [3.8, 4) is 0 Å². The van der Waals surface area contributed by atoms with E-state index in [1.807, 2.05) is 30.0 Å². The van der Waals surface area contributed by atoms with Crippen molar-refractivity contribution in [2.24, 2.45) is 0 Å². The number of hydrogen-bond donors (Lipinski definition) is 0. The zero-order valence-corrected chi connectivity index (χ0v) is 16.0. The van der Waals surface area contributed by atoms with E-state index >= 15 is 0 Å². The average molecular weight is 369 g/mol. The Bertz CT molecular complexity index is 934. The summed E-state index contributed by atoms with van der Waals surface area (Å²) >= 11 is 3.36. The minimum absolute atomic E-state index is 0.131. The summed E-state index contributed by atoms with van der Waals surface area (Å²) in [6.45, 7) is 5.65. The Morgan fingerprint density at radius 2 is 2.16 bits per heavy atom. The van der Waals surface area contributed by atoms with Gasteiger partial charge in [0.2, 0.25) is 5.91 Å². The fourth-order valence-corrected chi connectivity index (χ4v) is 5.20. The SMILES string of the molecule is Cc1cc(SC(C)C(=O)N2CCc3sccc3C2)nc2ccccc12. The highest BCUT2D eigenvalue weighted by atomic mass is 32.2. The lowest BCUT2D eigenvalue weighted by molar-refractivity contribution is -0.131. The molecular weight excluding hydrogens is 348 g/mol. The zero-order chi connectivity index (χ0) is 17.4. The zero-order valence-electron chi connectivity index (χ0n) is 14.4. The number of carbonyl (C=O) groups is 1. The number of para-hydroxylation sites is 1. The van der Waals surface area contributed by atoms with Gasteiger partial charge in [0, 0.05) is 23.4 Å². The van der Waals surface area contributed by atoms with Crippen molar-refractivity contribution < 1.29 is 4.79 Å². The number of hydrogen-bond acceptors (Lipinski definition) is 4. The lowest BCUT2D eigenvalue weighted by Crippen LogP contribution is -2.39. The van der Waals surface area contributed by atoms with Crippen molar-refractivity contribution in [2.45, 2.75) is 37.1 Å². The van der Waals surface area contributed by atoms with E-state index in [1.165, 1.54) is 21.4 Å². The van der Waals surface area contributed by atoms with Crippen molar-refractivity contribution >= 4 is 39.9 Å². The maximum absolute atomic E-state index is 12.9. The molecule has 3 aromatic rings. The van der Waals surface area contributed by atoms with Crippen molar-refractivity contribution in [2.75, 3.05) is 6.54 Å². The lowest BCUT2D eigenvalue weighted by atomic mass is 10.1. The second-order valence-electron chi connectivity index (χ2n) is 6.43. The molecule has 0 N–H and O–H groups in total. The van der Waals surface area contributed by atoms with Crippen LogP contribution in [0.2, 0.25) is 0 Å². The largest absolute Gasteiger partial charge is 0.337 e. The smallest absolute Gasteiger partial charge is 0.236 e. The molecule has 4 rings (SSSR count). The van der Waals surface area contributed by atoms with E-state index in [4.69, 9.17) is 4.98 Å². The maximum atomic E-state index is 12.9. The van der Waals surface area contributed by atoms with E-state index in [0.717, 1.165) is 30.1 Å². The highest BCUT2D eigenvalue weighted by Gasteiger charge is 2.26. The first-order valence-corrected chi connectivity index (χ1v) is 10.2. The van der Waals surface area contributed by atoms with Crippen LogP contribution < -0.4 is 0 Å². The van der Waals surface area contributed by atoms with Crippen LogP contribution in [-0.2, 0) is 17.8 Å². The fourth-order valence-electron chi connectivity index (χ4n) is 3.30. The Morgan fingerprint density at radius 3 is 3.04 bits per heavy atom. The molecule has 0 saturated heterocycles. The van der Waals surface area contributed by atoms with Gasteiger partial charge in [-0.25, -0.2) is 4.98 Å². The molecule has 0 bridgehead atoms. The minimum atomic E-state index is -0.131. The van der Waals surface area contributed by atoms with Gasteiger partial charge in [0.1, 0.15) is 0 Å². The second-order valence-corrected chi connectivity index (χ2v) is 8.80. The number of aryl methyl sites for hydroxylation is 1. The summed E-state index contributed by atoms with van der Waals surface area (Å²) < 4.78 is 0. The van der Waals surface area contributed by atoms with Gasteiger partial charge < -0.3 is 4.90 Å². The van der Waals surface area contributed by atoms with Crippen LogP contribution in [0.5, 0.6) is 0 Å². The highest BCUT2D eigenvalue weighted by Crippen LogP contribution is 2.29. The highest BCUT2D eigenvalue weighted by molar-refractivity contribution is 8.00. The van der Waals surface area contributed by atoms with Crippen molar-refractivity contribution in [1.29, 1.82) is 0 Å². The number of pyridine rings is 1. The molecule has 3 heterocycles. The molecule has 1 aromatic carbocycles. The van der Waals surface area contributed by atoms with Crippen LogP contribution in [0, 0.1) is 6.92 Å². The number of thiophene rings is 1. The molecule has 1 unspecified atom stereocenters. The van der Waals surface area contributed by atoms with Gasteiger partial charge in [-0.3, -0.25) is 4.79 Å². The Kier molecular flexibility index (Phi) is 4.52. The van der Waals surface area contributed by atoms with E-state index in [1.54, 1.807) is 23.1 Å². The first-order valence-electron chi connectivity index (χ1n) is 8.49. The normalized spacial score (nSPS) is 15.2. The second kappa shape index (κ2) is 6.81. The number of aromatic nitrogens is 1. The van der Waals surface area contributed by atoms with Gasteiger partial charge in [-0.15, -0.1) is 11.3 Å². The third kappa shape index (κ3) is 3.31. The summed E-state index contributed by atoms with van der Waals surface area (Å²) in [5.74, 6) is 0.203. The van der Waals surface area contributed by atoms with Gasteiger partial charge in [0.25, 0.3) is 0 Å². The third-order valence-electron chi connectivity index (χ3n) is 4.66. The number of nitrogens with zero attached hydrogens (tertiary/aromatic N) is 2. The number of fused-ring (bicyclic) bond motifs is 2. The topological polar surface area (TPSA) is 33.2 Å². The van der Waals surface area contributed by atoms with Crippen LogP contribution in [0.1, 0.15) is 22.9 Å². The Morgan fingerprint density at radius 1 is 1.32 bits per heavy atom. The quantitative estimate of drug-likeness (QED) is 0.630. The van der Waals surface area contributed by atoms with E-state index in [0.29, 0.717) is 0 Å². The predicted octanol–water partition coefficient (Wildman–Crippen LogP) is 4.67. The fraction of sp³-hybridized carbons (Fsp3) is 0.300. The number of rotatable bonds is 3. The van der Waals surface area contributed by atoms with Crippen molar-refractivity contribution in [1.82, 2.24) is 9.88 Å². The molecule has 25 heavy (non-hydrogen) atoms. The van der Waals surface area contributed by atoms with Gasteiger partial charge in [-0.05, 0) is 55.0 Å². The molecule has 3 nitrogen and oxygen atoms in total. The Hall–Kier alpha value is -1.85. The summed E-state index contributed by atoms with van der Waals surface area (Å²) in [4.78, 5) is 21.0. The number of carbonyl (C=O) groups excluding carboxylic acids is 1. The monoisotopic (exact) mass is 368 g/mol. The van der Waals surface area contributed by atoms with E-state index in [9.17, 15) is 4.79 Å². The van der Waals surface area contributed by atoms with Gasteiger partial charge in [0.15, 0.2) is 0 Å². The Labute approximate surface area is 156 Å². The van der Waals surface area contributed by atoms with Gasteiger partial charge in [-0.1, -0.05) is 30.0 Å². The van der Waals surface area contributed by atoms with Gasteiger partial charge in [0.05, 0.1) is 15.8 Å². The molecule has 128 valence electrons. The summed E-state index contributed by atoms with van der Waals surface area (Å²) in [6, 6.07) is 12.4. The minimum Gasteiger partial charge on any atom is -0.337 e. The predicted molar refractivity (Wildman–Crippen MR) is 105 cm³/mol. The molecule has 1 aliphatic rings. The summed E-state index contributed by atoms with van der Waals surface area (Å²) in [5.41, 5.74) is 3.50. The molecule has 2 aromatic heterocycles. The first-order chi connectivity index (χ1) is 12.1. The van der Waals surface area contributed by atoms with Crippen LogP contribution in [-0.4, -0.2) is 27.6 Å². The molecular formula is C20H20N2OS2. The van der Waals surface area contributed by atoms with Crippen LogP contribution in [0.15, 0.2) is 46.8 Å². The van der Waals surface area contributed by atoms with Crippen LogP contribution in [0.25, 0.3) is 10.9 Å². The molecule has 0 fully saturated rings. The molecule has 1 aliphatic heterocycles. The van der Waals surface area contributed by atoms with Crippen LogP contribution >= 0.6 is 23.1 Å². The molecule has 1 atom stereocenters. The lowest BCUT2D eigenvalue weighted by Gasteiger charge is -2.29. The molecule has 1 amide bonds. The van der Waals surface area contributed by atoms with Gasteiger partial charge >= 0.3 is 0 Å². The molecule has 5 heteroatoms. The Balaban J connectivity index is 1.50. The number of benzene rings is 1. The van der Waals surface area contributed by atoms with Crippen molar-refractivity contribution in [3.63, 3.8) is 0 Å². The van der Waals surface area contributed by atoms with E-state index in [2.05, 4.69) is 30.5 Å². The van der Waals surface area contributed by atoms with Crippen molar-refractivity contribution in [3.05, 3.63) is 57.8 Å². The molecule has 0 saturated carbocycles. The maximum Gasteiger partial charge on any atom is 0.236 e. The molecule has 0 spiro atoms. The average Bonchev–Trinajstić information content (AvgIpc) is 3.08. The molecule has 0 aliphatic carbocycles. The summed E-state index contributed by atoms with van der Waals surface area (Å²) in [7, 11) is 0. The summed E-state index contributed by atoms with van der Waals surface area (Å²) in [6.07, 6.45) is 0.976. The summed E-state index contributed by atoms with van der Waals surface area (Å²) in [5, 5.41) is 4.09. The third-order valence-corrected chi connectivity index (χ3v) is 6.69. The van der Waals surface area contributed by atoms with Crippen LogP contribution in [0.4, 0.5) is 0 Å². The number of amides is 1. The van der Waals surface area contributed by atoms with Gasteiger partial charge in [-0.2, -0.15) is 0 Å². The first kappa shape index (κ1) is 16.6. The van der Waals surface area contributed by atoms with E-state index in [-0.39, 0.29) is 11.2 Å². The van der Waals surface area contributed by atoms with E-state index < -0.39 is 0 Å².